The summed E-state index contributed by atoms with van der Waals surface area (Å²) in [4.78, 5) is 9.12. The quantitative estimate of drug-likeness (QED) is 0.410. The molecule has 0 spiro atoms. The molecule has 2 aromatic rings. The number of hydrogen-bond donors (Lipinski definition) is 2. The van der Waals surface area contributed by atoms with Gasteiger partial charge in [0.05, 0.1) is 5.69 Å². The number of nitrogens with zero attached hydrogens (tertiary/aromatic N) is 5. The molecule has 0 aliphatic carbocycles. The smallest absolute Gasteiger partial charge is 0.191 e. The molecule has 144 valence electrons. The minimum Gasteiger partial charge on any atom is -0.357 e. The lowest BCUT2D eigenvalue weighted by Gasteiger charge is -2.13. The van der Waals surface area contributed by atoms with Crippen molar-refractivity contribution in [3.63, 3.8) is 0 Å². The van der Waals surface area contributed by atoms with E-state index in [0.29, 0.717) is 12.5 Å². The van der Waals surface area contributed by atoms with Crippen molar-refractivity contribution in [3.05, 3.63) is 35.7 Å². The third-order valence-electron chi connectivity index (χ3n) is 4.03. The number of guanidine groups is 1. The van der Waals surface area contributed by atoms with Gasteiger partial charge in [-0.05, 0) is 39.2 Å². The molecule has 0 aliphatic heterocycles. The Morgan fingerprint density at radius 3 is 2.73 bits per heavy atom. The Labute approximate surface area is 156 Å². The fourth-order valence-electron chi connectivity index (χ4n) is 2.88. The first kappa shape index (κ1) is 20.0. The zero-order valence-corrected chi connectivity index (χ0v) is 16.8. The number of aryl methyl sites for hydroxylation is 3. The lowest BCUT2D eigenvalue weighted by Crippen LogP contribution is -2.38. The van der Waals surface area contributed by atoms with Crippen molar-refractivity contribution in [2.75, 3.05) is 13.1 Å². The zero-order chi connectivity index (χ0) is 18.9. The lowest BCUT2D eigenvalue weighted by molar-refractivity contribution is 0.507. The highest BCUT2D eigenvalue weighted by atomic mass is 15.3. The second kappa shape index (κ2) is 9.99. The van der Waals surface area contributed by atoms with E-state index in [2.05, 4.69) is 68.7 Å². The molecule has 0 fully saturated rings. The maximum absolute atomic E-state index is 4.68. The van der Waals surface area contributed by atoms with Gasteiger partial charge in [0.1, 0.15) is 12.4 Å². The van der Waals surface area contributed by atoms with E-state index in [4.69, 9.17) is 0 Å². The average molecular weight is 360 g/mol. The van der Waals surface area contributed by atoms with Crippen LogP contribution in [0.25, 0.3) is 0 Å². The topological polar surface area (TPSA) is 72.1 Å². The molecule has 26 heavy (non-hydrogen) atoms. The van der Waals surface area contributed by atoms with Crippen LogP contribution in [0.3, 0.4) is 0 Å². The Hall–Kier alpha value is -2.31. The number of aliphatic imine (C=N–C) groups is 1. The summed E-state index contributed by atoms with van der Waals surface area (Å²) in [5, 5.41) is 11.2. The summed E-state index contributed by atoms with van der Waals surface area (Å²) >= 11 is 0. The highest BCUT2D eigenvalue weighted by molar-refractivity contribution is 5.79. The van der Waals surface area contributed by atoms with Crippen LogP contribution in [0.4, 0.5) is 0 Å². The van der Waals surface area contributed by atoms with Gasteiger partial charge in [0.15, 0.2) is 5.96 Å². The third-order valence-corrected chi connectivity index (χ3v) is 4.03. The highest BCUT2D eigenvalue weighted by Gasteiger charge is 2.05. The summed E-state index contributed by atoms with van der Waals surface area (Å²) in [6.07, 6.45) is 4.87. The summed E-state index contributed by atoms with van der Waals surface area (Å²) in [5.41, 5.74) is 2.28. The minimum atomic E-state index is 0.576. The first-order valence-electron chi connectivity index (χ1n) is 9.52. The number of imidazole rings is 1. The van der Waals surface area contributed by atoms with Gasteiger partial charge < -0.3 is 15.2 Å². The van der Waals surface area contributed by atoms with Crippen LogP contribution in [0.15, 0.2) is 23.5 Å². The Morgan fingerprint density at radius 2 is 2.08 bits per heavy atom. The van der Waals surface area contributed by atoms with Crippen LogP contribution in [-0.4, -0.2) is 38.4 Å². The third kappa shape index (κ3) is 6.20. The summed E-state index contributed by atoms with van der Waals surface area (Å²) in [6.45, 7) is 14.8. The SMILES string of the molecule is CCNC(=NCc1nccn1CC(C)C)NCCCn1nc(C)cc1C. The van der Waals surface area contributed by atoms with Crippen LogP contribution in [0.5, 0.6) is 0 Å². The van der Waals surface area contributed by atoms with Crippen LogP contribution in [0.2, 0.25) is 0 Å². The van der Waals surface area contributed by atoms with Crippen molar-refractivity contribution in [3.8, 4) is 0 Å². The number of rotatable bonds is 9. The molecule has 2 rings (SSSR count). The van der Waals surface area contributed by atoms with Gasteiger partial charge >= 0.3 is 0 Å². The number of hydrogen-bond acceptors (Lipinski definition) is 3. The molecule has 0 aromatic carbocycles. The predicted octanol–water partition coefficient (Wildman–Crippen LogP) is 2.50. The van der Waals surface area contributed by atoms with Gasteiger partial charge in [-0.2, -0.15) is 5.10 Å². The van der Waals surface area contributed by atoms with E-state index in [1.807, 2.05) is 19.3 Å². The summed E-state index contributed by atoms with van der Waals surface area (Å²) in [6, 6.07) is 2.11. The van der Waals surface area contributed by atoms with Gasteiger partial charge in [-0.15, -0.1) is 0 Å². The Bertz CT molecular complexity index is 697. The Morgan fingerprint density at radius 1 is 1.27 bits per heavy atom. The van der Waals surface area contributed by atoms with E-state index >= 15 is 0 Å². The molecule has 0 atom stereocenters. The average Bonchev–Trinajstić information content (AvgIpc) is 3.14. The number of aromatic nitrogens is 4. The van der Waals surface area contributed by atoms with Crippen molar-refractivity contribution in [1.29, 1.82) is 0 Å². The summed E-state index contributed by atoms with van der Waals surface area (Å²) in [7, 11) is 0. The largest absolute Gasteiger partial charge is 0.357 e. The first-order chi connectivity index (χ1) is 12.5. The van der Waals surface area contributed by atoms with Crippen molar-refractivity contribution in [2.24, 2.45) is 10.9 Å². The fraction of sp³-hybridized carbons (Fsp3) is 0.632. The van der Waals surface area contributed by atoms with E-state index in [-0.39, 0.29) is 0 Å². The molecular weight excluding hydrogens is 326 g/mol. The second-order valence-corrected chi connectivity index (χ2v) is 7.02. The molecule has 0 amide bonds. The van der Waals surface area contributed by atoms with Gasteiger partial charge in [-0.25, -0.2) is 9.98 Å². The van der Waals surface area contributed by atoms with E-state index in [1.54, 1.807) is 0 Å². The molecule has 0 saturated heterocycles. The molecule has 2 N–H and O–H groups in total. The van der Waals surface area contributed by atoms with Crippen molar-refractivity contribution < 1.29 is 0 Å². The van der Waals surface area contributed by atoms with Crippen molar-refractivity contribution in [2.45, 2.75) is 60.7 Å². The lowest BCUT2D eigenvalue weighted by atomic mass is 10.2. The van der Waals surface area contributed by atoms with Gasteiger partial charge in [0, 0.05) is 44.3 Å². The Balaban J connectivity index is 1.84. The molecule has 0 radical (unpaired) electrons. The summed E-state index contributed by atoms with van der Waals surface area (Å²) in [5.74, 6) is 2.42. The monoisotopic (exact) mass is 359 g/mol. The Kier molecular flexibility index (Phi) is 7.69. The van der Waals surface area contributed by atoms with E-state index in [1.165, 1.54) is 5.69 Å². The normalized spacial score (nSPS) is 12.0. The molecule has 0 aliphatic rings. The maximum atomic E-state index is 4.68. The molecule has 0 saturated carbocycles. The zero-order valence-electron chi connectivity index (χ0n) is 16.8. The van der Waals surface area contributed by atoms with Crippen LogP contribution in [-0.2, 0) is 19.6 Å². The minimum absolute atomic E-state index is 0.576. The summed E-state index contributed by atoms with van der Waals surface area (Å²) < 4.78 is 4.24. The molecule has 2 heterocycles. The molecule has 0 unspecified atom stereocenters. The first-order valence-corrected chi connectivity index (χ1v) is 9.52. The van der Waals surface area contributed by atoms with E-state index < -0.39 is 0 Å². The predicted molar refractivity (Wildman–Crippen MR) is 106 cm³/mol. The number of nitrogens with one attached hydrogen (secondary N) is 2. The van der Waals surface area contributed by atoms with Crippen LogP contribution in [0.1, 0.15) is 44.4 Å². The fourth-order valence-corrected chi connectivity index (χ4v) is 2.88. The molecule has 0 bridgehead atoms. The van der Waals surface area contributed by atoms with Gasteiger partial charge in [0.2, 0.25) is 0 Å². The molecule has 7 nitrogen and oxygen atoms in total. The molecule has 7 heteroatoms. The van der Waals surface area contributed by atoms with Gasteiger partial charge in [0.25, 0.3) is 0 Å². The molecular formula is C19H33N7. The standard InChI is InChI=1S/C19H33N7/c1-6-20-19(22-8-7-10-26-17(5)12-16(4)24-26)23-13-18-21-9-11-25(18)14-15(2)3/h9,11-12,15H,6-8,10,13-14H2,1-5H3,(H2,20,22,23). The van der Waals surface area contributed by atoms with E-state index in [0.717, 1.165) is 50.1 Å². The van der Waals surface area contributed by atoms with Gasteiger partial charge in [-0.1, -0.05) is 13.8 Å². The maximum Gasteiger partial charge on any atom is 0.191 e. The van der Waals surface area contributed by atoms with Crippen molar-refractivity contribution >= 4 is 5.96 Å². The van der Waals surface area contributed by atoms with Crippen LogP contribution >= 0.6 is 0 Å². The van der Waals surface area contributed by atoms with Crippen molar-refractivity contribution in [1.82, 2.24) is 30.0 Å². The van der Waals surface area contributed by atoms with Crippen LogP contribution < -0.4 is 10.6 Å². The highest BCUT2D eigenvalue weighted by Crippen LogP contribution is 2.05. The van der Waals surface area contributed by atoms with E-state index in [9.17, 15) is 0 Å². The second-order valence-electron chi connectivity index (χ2n) is 7.02. The van der Waals surface area contributed by atoms with Crippen LogP contribution in [0, 0.1) is 19.8 Å². The van der Waals surface area contributed by atoms with Gasteiger partial charge in [-0.3, -0.25) is 4.68 Å². The molecule has 2 aromatic heterocycles.